The van der Waals surface area contributed by atoms with Gasteiger partial charge in [-0.25, -0.2) is 13.8 Å². The van der Waals surface area contributed by atoms with Crippen molar-refractivity contribution in [2.24, 2.45) is 0 Å². The zero-order valence-electron chi connectivity index (χ0n) is 10.7. The fourth-order valence-corrected chi connectivity index (χ4v) is 2.69. The first-order chi connectivity index (χ1) is 10.0. The molecular weight excluding hydrogens is 300 g/mol. The van der Waals surface area contributed by atoms with Crippen molar-refractivity contribution in [1.29, 1.82) is 0 Å². The molecule has 0 spiro atoms. The molecule has 3 N–H and O–H groups in total. The number of nitrogens with one attached hydrogen (secondary N) is 1. The van der Waals surface area contributed by atoms with Crippen LogP contribution in [0.25, 0.3) is 0 Å². The van der Waals surface area contributed by atoms with Crippen molar-refractivity contribution in [3.05, 3.63) is 52.2 Å². The van der Waals surface area contributed by atoms with Crippen LogP contribution in [0.3, 0.4) is 0 Å². The van der Waals surface area contributed by atoms with Gasteiger partial charge in [-0.05, 0) is 18.2 Å². The Bertz CT molecular complexity index is 751. The molecule has 1 aromatic heterocycles. The van der Waals surface area contributed by atoms with Gasteiger partial charge in [-0.15, -0.1) is 0 Å². The topological polar surface area (TPSA) is 68.0 Å². The summed E-state index contributed by atoms with van der Waals surface area (Å²) in [6.07, 6.45) is 1.49. The van der Waals surface area contributed by atoms with Gasteiger partial charge >= 0.3 is 0 Å². The summed E-state index contributed by atoms with van der Waals surface area (Å²) in [6.45, 7) is 0.179. The first-order valence-electron chi connectivity index (χ1n) is 6.16. The maximum absolute atomic E-state index is 14.0. The molecule has 1 aromatic carbocycles. The van der Waals surface area contributed by atoms with Crippen molar-refractivity contribution in [3.8, 4) is 0 Å². The lowest BCUT2D eigenvalue weighted by Gasteiger charge is -2.12. The number of nitrogens with two attached hydrogens (primary N) is 1. The number of hydrogen-bond acceptors (Lipinski definition) is 4. The molecule has 1 unspecified atom stereocenters. The highest BCUT2D eigenvalue weighted by atomic mass is 35.5. The number of carbonyl (C=O) groups is 1. The lowest BCUT2D eigenvalue weighted by atomic mass is 9.92. The highest BCUT2D eigenvalue weighted by molar-refractivity contribution is 6.32. The summed E-state index contributed by atoms with van der Waals surface area (Å²) in [6, 6.07) is 3.58. The van der Waals surface area contributed by atoms with E-state index in [4.69, 9.17) is 17.3 Å². The molecule has 0 saturated heterocycles. The highest BCUT2D eigenvalue weighted by Gasteiger charge is 2.35. The minimum atomic E-state index is -1.05. The van der Waals surface area contributed by atoms with E-state index in [2.05, 4.69) is 10.3 Å². The third-order valence-electron chi connectivity index (χ3n) is 3.44. The van der Waals surface area contributed by atoms with Gasteiger partial charge < -0.3 is 11.1 Å². The van der Waals surface area contributed by atoms with Crippen molar-refractivity contribution < 1.29 is 13.6 Å². The third-order valence-corrected chi connectivity index (χ3v) is 3.77. The maximum atomic E-state index is 14.0. The minimum absolute atomic E-state index is 0.179. The number of nitrogens with zero attached hydrogens (tertiary/aromatic N) is 1. The lowest BCUT2D eigenvalue weighted by Crippen LogP contribution is -2.18. The van der Waals surface area contributed by atoms with Crippen molar-refractivity contribution in [2.75, 3.05) is 17.6 Å². The molecule has 3 rings (SSSR count). The van der Waals surface area contributed by atoms with Gasteiger partial charge in [0.15, 0.2) is 11.6 Å². The fourth-order valence-electron chi connectivity index (χ4n) is 2.42. The molecule has 0 aliphatic carbocycles. The van der Waals surface area contributed by atoms with Gasteiger partial charge in [0.2, 0.25) is 0 Å². The van der Waals surface area contributed by atoms with Gasteiger partial charge in [0.1, 0.15) is 11.6 Å². The molecule has 0 bridgehead atoms. The van der Waals surface area contributed by atoms with E-state index in [1.54, 1.807) is 0 Å². The maximum Gasteiger partial charge on any atom is 0.178 e. The van der Waals surface area contributed by atoms with Crippen LogP contribution in [0.15, 0.2) is 24.4 Å². The number of nitrogen functional groups attached to an aromatic ring is 1. The molecular formula is C14H10ClF2N3O. The molecule has 0 fully saturated rings. The van der Waals surface area contributed by atoms with Crippen molar-refractivity contribution in [1.82, 2.24) is 4.98 Å². The van der Waals surface area contributed by atoms with E-state index >= 15 is 0 Å². The van der Waals surface area contributed by atoms with Crippen LogP contribution in [0, 0.1) is 11.6 Å². The van der Waals surface area contributed by atoms with Crippen LogP contribution in [-0.4, -0.2) is 17.3 Å². The molecule has 1 atom stereocenters. The number of hydrogen-bond donors (Lipinski definition) is 2. The summed E-state index contributed by atoms with van der Waals surface area (Å²) in [5.74, 6) is -3.05. The second-order valence-electron chi connectivity index (χ2n) is 4.68. The summed E-state index contributed by atoms with van der Waals surface area (Å²) in [4.78, 5) is 16.5. The Hall–Kier alpha value is -2.21. The average molecular weight is 310 g/mol. The van der Waals surface area contributed by atoms with E-state index in [1.807, 2.05) is 0 Å². The number of pyridine rings is 1. The van der Waals surface area contributed by atoms with Gasteiger partial charge in [-0.2, -0.15) is 0 Å². The number of ketones is 1. The number of Topliss-reactive ketones (excluding diaryl/α,β-unsaturated/α-hetero) is 1. The van der Waals surface area contributed by atoms with E-state index < -0.39 is 28.9 Å². The third kappa shape index (κ3) is 2.12. The standard InChI is InChI=1S/C14H10ClF2N3O/c15-7-3-4-19-14-10(7)6(5-20-14)13(21)11-8(16)1-2-9(18)12(11)17/h1-4,6H,5,18H2,(H,19,20). The molecule has 1 aliphatic heterocycles. The van der Waals surface area contributed by atoms with Crippen LogP contribution in [-0.2, 0) is 0 Å². The van der Waals surface area contributed by atoms with Crippen LogP contribution in [0.4, 0.5) is 20.3 Å². The predicted octanol–water partition coefficient (Wildman–Crippen LogP) is 2.99. The number of benzene rings is 1. The fraction of sp³-hybridized carbons (Fsp3) is 0.143. The molecule has 7 heteroatoms. The Morgan fingerprint density at radius 2 is 2.14 bits per heavy atom. The summed E-state index contributed by atoms with van der Waals surface area (Å²) >= 11 is 6.06. The van der Waals surface area contributed by atoms with Crippen molar-refractivity contribution in [3.63, 3.8) is 0 Å². The van der Waals surface area contributed by atoms with E-state index in [-0.39, 0.29) is 12.2 Å². The summed E-state index contributed by atoms with van der Waals surface area (Å²) in [5, 5.41) is 3.23. The van der Waals surface area contributed by atoms with Gasteiger partial charge in [0.05, 0.1) is 17.2 Å². The quantitative estimate of drug-likeness (QED) is 0.661. The molecule has 2 aromatic rings. The molecule has 108 valence electrons. The lowest BCUT2D eigenvalue weighted by molar-refractivity contribution is 0.0958. The Kier molecular flexibility index (Phi) is 3.25. The van der Waals surface area contributed by atoms with Gasteiger partial charge in [0.25, 0.3) is 0 Å². The number of aromatic nitrogens is 1. The number of carbonyl (C=O) groups excluding carboxylic acids is 1. The first kappa shape index (κ1) is 13.8. The molecule has 0 radical (unpaired) electrons. The summed E-state index contributed by atoms with van der Waals surface area (Å²) in [7, 11) is 0. The predicted molar refractivity (Wildman–Crippen MR) is 75.6 cm³/mol. The van der Waals surface area contributed by atoms with Gasteiger partial charge in [0, 0.05) is 23.3 Å². The summed E-state index contributed by atoms with van der Waals surface area (Å²) in [5.41, 5.74) is 4.93. The second-order valence-corrected chi connectivity index (χ2v) is 5.09. The van der Waals surface area contributed by atoms with Crippen molar-refractivity contribution in [2.45, 2.75) is 5.92 Å². The van der Waals surface area contributed by atoms with Crippen LogP contribution >= 0.6 is 11.6 Å². The average Bonchev–Trinajstić information content (AvgIpc) is 2.88. The molecule has 4 nitrogen and oxygen atoms in total. The van der Waals surface area contributed by atoms with E-state index in [0.29, 0.717) is 16.4 Å². The van der Waals surface area contributed by atoms with Crippen LogP contribution < -0.4 is 11.1 Å². The zero-order chi connectivity index (χ0) is 15.1. The monoisotopic (exact) mass is 309 g/mol. The SMILES string of the molecule is Nc1ccc(F)c(C(=O)C2CNc3nccc(Cl)c32)c1F. The number of anilines is 2. The highest BCUT2D eigenvalue weighted by Crippen LogP contribution is 2.38. The van der Waals surface area contributed by atoms with Crippen molar-refractivity contribution >= 4 is 28.9 Å². The molecule has 21 heavy (non-hydrogen) atoms. The Balaban J connectivity index is 2.09. The van der Waals surface area contributed by atoms with Crippen LogP contribution in [0.1, 0.15) is 21.8 Å². The molecule has 0 saturated carbocycles. The molecule has 2 heterocycles. The number of fused-ring (bicyclic) bond motifs is 1. The number of rotatable bonds is 2. The second kappa shape index (κ2) is 4.96. The zero-order valence-corrected chi connectivity index (χ0v) is 11.4. The Labute approximate surface area is 123 Å². The Morgan fingerprint density at radius 1 is 1.38 bits per heavy atom. The molecule has 0 amide bonds. The largest absolute Gasteiger partial charge is 0.396 e. The molecule has 1 aliphatic rings. The van der Waals surface area contributed by atoms with E-state index in [0.717, 1.165) is 12.1 Å². The smallest absolute Gasteiger partial charge is 0.178 e. The normalized spacial score (nSPS) is 16.4. The Morgan fingerprint density at radius 3 is 2.90 bits per heavy atom. The first-order valence-corrected chi connectivity index (χ1v) is 6.54. The minimum Gasteiger partial charge on any atom is -0.396 e. The summed E-state index contributed by atoms with van der Waals surface area (Å²) < 4.78 is 27.8. The van der Waals surface area contributed by atoms with Crippen LogP contribution in [0.2, 0.25) is 5.02 Å². The number of halogens is 3. The van der Waals surface area contributed by atoms with E-state index in [1.165, 1.54) is 12.3 Å². The van der Waals surface area contributed by atoms with Gasteiger partial charge in [-0.1, -0.05) is 11.6 Å². The van der Waals surface area contributed by atoms with Crippen LogP contribution in [0.5, 0.6) is 0 Å². The van der Waals surface area contributed by atoms with Gasteiger partial charge in [-0.3, -0.25) is 4.79 Å². The van der Waals surface area contributed by atoms with E-state index in [9.17, 15) is 13.6 Å².